The van der Waals surface area contributed by atoms with Gasteiger partial charge in [-0.3, -0.25) is 0 Å². The van der Waals surface area contributed by atoms with Gasteiger partial charge in [0.15, 0.2) is 0 Å². The summed E-state index contributed by atoms with van der Waals surface area (Å²) in [6, 6.07) is 8.73. The summed E-state index contributed by atoms with van der Waals surface area (Å²) >= 11 is 6.01. The zero-order valence-electron chi connectivity index (χ0n) is 11.7. The molecule has 20 heavy (non-hydrogen) atoms. The van der Waals surface area contributed by atoms with Gasteiger partial charge in [0.1, 0.15) is 11.6 Å². The van der Waals surface area contributed by atoms with E-state index in [0.717, 1.165) is 35.8 Å². The van der Waals surface area contributed by atoms with Crippen LogP contribution in [0.25, 0.3) is 0 Å². The highest BCUT2D eigenvalue weighted by Gasteiger charge is 2.30. The molecule has 0 saturated heterocycles. The number of aromatic nitrogens is 1. The molecular formula is C16H19ClN2O. The van der Waals surface area contributed by atoms with Crippen LogP contribution in [-0.2, 0) is 18.8 Å². The number of furan rings is 1. The van der Waals surface area contributed by atoms with Crippen molar-refractivity contribution in [1.82, 2.24) is 4.98 Å². The standard InChI is InChI=1S/C16H19ClN2O/c1-2-13-8-12(10-17)9-16(18-13)19(14-5-6-14)11-15-4-3-7-20-15/h3-4,7-9,14H,2,5-6,10-11H2,1H3. The lowest BCUT2D eigenvalue weighted by molar-refractivity contribution is 0.500. The Labute approximate surface area is 124 Å². The molecule has 2 aromatic rings. The highest BCUT2D eigenvalue weighted by atomic mass is 35.5. The van der Waals surface area contributed by atoms with E-state index in [1.807, 2.05) is 12.1 Å². The molecule has 1 aliphatic carbocycles. The third kappa shape index (κ3) is 2.98. The Morgan fingerprint density at radius 3 is 2.85 bits per heavy atom. The largest absolute Gasteiger partial charge is 0.467 e. The van der Waals surface area contributed by atoms with E-state index < -0.39 is 0 Å². The van der Waals surface area contributed by atoms with Crippen molar-refractivity contribution in [2.75, 3.05) is 4.90 Å². The second kappa shape index (κ2) is 5.88. The molecule has 0 aromatic carbocycles. The Morgan fingerprint density at radius 2 is 2.25 bits per heavy atom. The molecule has 0 bridgehead atoms. The van der Waals surface area contributed by atoms with E-state index in [1.54, 1.807) is 6.26 Å². The number of anilines is 1. The summed E-state index contributed by atoms with van der Waals surface area (Å²) in [4.78, 5) is 7.11. The van der Waals surface area contributed by atoms with E-state index >= 15 is 0 Å². The molecule has 1 aliphatic rings. The summed E-state index contributed by atoms with van der Waals surface area (Å²) in [6.07, 6.45) is 5.11. The maximum atomic E-state index is 6.01. The number of aryl methyl sites for hydroxylation is 1. The minimum Gasteiger partial charge on any atom is -0.467 e. The zero-order valence-corrected chi connectivity index (χ0v) is 12.4. The van der Waals surface area contributed by atoms with Gasteiger partial charge in [0.05, 0.1) is 12.8 Å². The van der Waals surface area contributed by atoms with Crippen molar-refractivity contribution >= 4 is 17.4 Å². The van der Waals surface area contributed by atoms with E-state index in [2.05, 4.69) is 24.0 Å². The second-order valence-corrected chi connectivity index (χ2v) is 5.52. The van der Waals surface area contributed by atoms with Crippen LogP contribution in [0.15, 0.2) is 34.9 Å². The zero-order chi connectivity index (χ0) is 13.9. The maximum Gasteiger partial charge on any atom is 0.129 e. The highest BCUT2D eigenvalue weighted by Crippen LogP contribution is 2.33. The Kier molecular flexibility index (Phi) is 3.97. The van der Waals surface area contributed by atoms with Gasteiger partial charge >= 0.3 is 0 Å². The molecule has 0 atom stereocenters. The molecule has 0 spiro atoms. The van der Waals surface area contributed by atoms with Crippen molar-refractivity contribution in [3.63, 3.8) is 0 Å². The molecule has 4 heteroatoms. The number of hydrogen-bond donors (Lipinski definition) is 0. The van der Waals surface area contributed by atoms with Crippen LogP contribution in [0, 0.1) is 0 Å². The average molecular weight is 291 g/mol. The Morgan fingerprint density at radius 1 is 1.40 bits per heavy atom. The van der Waals surface area contributed by atoms with Crippen molar-refractivity contribution in [3.8, 4) is 0 Å². The van der Waals surface area contributed by atoms with Gasteiger partial charge < -0.3 is 9.32 Å². The molecule has 0 N–H and O–H groups in total. The molecule has 1 saturated carbocycles. The number of nitrogens with zero attached hydrogens (tertiary/aromatic N) is 2. The van der Waals surface area contributed by atoms with Crippen LogP contribution in [0.2, 0.25) is 0 Å². The molecule has 0 amide bonds. The predicted octanol–water partition coefficient (Wildman–Crippen LogP) is 4.14. The quantitative estimate of drug-likeness (QED) is 0.749. The highest BCUT2D eigenvalue weighted by molar-refractivity contribution is 6.17. The van der Waals surface area contributed by atoms with Crippen molar-refractivity contribution in [2.45, 2.75) is 44.7 Å². The van der Waals surface area contributed by atoms with Crippen LogP contribution in [0.1, 0.15) is 36.8 Å². The van der Waals surface area contributed by atoms with E-state index in [-0.39, 0.29) is 0 Å². The lowest BCUT2D eigenvalue weighted by Gasteiger charge is -2.23. The second-order valence-electron chi connectivity index (χ2n) is 5.25. The molecule has 0 radical (unpaired) electrons. The van der Waals surface area contributed by atoms with Gasteiger partial charge in [-0.1, -0.05) is 6.92 Å². The number of hydrogen-bond acceptors (Lipinski definition) is 3. The normalized spacial score (nSPS) is 14.5. The van der Waals surface area contributed by atoms with E-state index in [1.165, 1.54) is 12.8 Å². The van der Waals surface area contributed by atoms with Crippen molar-refractivity contribution in [2.24, 2.45) is 0 Å². The van der Waals surface area contributed by atoms with Crippen LogP contribution in [0.5, 0.6) is 0 Å². The first-order chi connectivity index (χ1) is 9.80. The van der Waals surface area contributed by atoms with Crippen molar-refractivity contribution in [3.05, 3.63) is 47.5 Å². The fraction of sp³-hybridized carbons (Fsp3) is 0.438. The van der Waals surface area contributed by atoms with Gasteiger partial charge in [0.2, 0.25) is 0 Å². The third-order valence-electron chi connectivity index (χ3n) is 3.63. The van der Waals surface area contributed by atoms with Crippen molar-refractivity contribution in [1.29, 1.82) is 0 Å². The van der Waals surface area contributed by atoms with Crippen LogP contribution in [-0.4, -0.2) is 11.0 Å². The van der Waals surface area contributed by atoms with Gasteiger partial charge in [0, 0.05) is 17.6 Å². The van der Waals surface area contributed by atoms with E-state index in [4.69, 9.17) is 21.0 Å². The van der Waals surface area contributed by atoms with Gasteiger partial charge in [-0.15, -0.1) is 11.6 Å². The molecule has 1 fully saturated rings. The number of rotatable bonds is 6. The van der Waals surface area contributed by atoms with E-state index in [0.29, 0.717) is 11.9 Å². The first-order valence-electron chi connectivity index (χ1n) is 7.15. The molecule has 2 aromatic heterocycles. The number of halogens is 1. The molecular weight excluding hydrogens is 272 g/mol. The molecule has 0 unspecified atom stereocenters. The summed E-state index contributed by atoms with van der Waals surface area (Å²) in [5.41, 5.74) is 2.24. The monoisotopic (exact) mass is 290 g/mol. The fourth-order valence-corrected chi connectivity index (χ4v) is 2.55. The minimum atomic E-state index is 0.530. The maximum absolute atomic E-state index is 6.01. The van der Waals surface area contributed by atoms with E-state index in [9.17, 15) is 0 Å². The topological polar surface area (TPSA) is 29.3 Å². The molecule has 0 aliphatic heterocycles. The summed E-state index contributed by atoms with van der Waals surface area (Å²) in [5, 5.41) is 0. The lowest BCUT2D eigenvalue weighted by Crippen LogP contribution is -2.26. The minimum absolute atomic E-state index is 0.530. The Balaban J connectivity index is 1.90. The van der Waals surface area contributed by atoms with Gasteiger partial charge in [-0.05, 0) is 49.1 Å². The fourth-order valence-electron chi connectivity index (χ4n) is 2.39. The van der Waals surface area contributed by atoms with Crippen molar-refractivity contribution < 1.29 is 4.42 Å². The van der Waals surface area contributed by atoms with Gasteiger partial charge in [-0.2, -0.15) is 0 Å². The SMILES string of the molecule is CCc1cc(CCl)cc(N(Cc2ccco2)C2CC2)n1. The lowest BCUT2D eigenvalue weighted by atomic mass is 10.2. The first kappa shape index (κ1) is 13.5. The Hall–Kier alpha value is -1.48. The Bertz CT molecular complexity index is 542. The van der Waals surface area contributed by atoms with Gasteiger partial charge in [-0.25, -0.2) is 4.98 Å². The van der Waals surface area contributed by atoms with Crippen LogP contribution in [0.4, 0.5) is 5.82 Å². The molecule has 2 heterocycles. The first-order valence-corrected chi connectivity index (χ1v) is 7.68. The molecule has 3 nitrogen and oxygen atoms in total. The van der Waals surface area contributed by atoms with Crippen LogP contribution < -0.4 is 4.90 Å². The number of alkyl halides is 1. The molecule has 106 valence electrons. The third-order valence-corrected chi connectivity index (χ3v) is 3.94. The predicted molar refractivity (Wildman–Crippen MR) is 81.1 cm³/mol. The van der Waals surface area contributed by atoms with Gasteiger partial charge in [0.25, 0.3) is 0 Å². The summed E-state index contributed by atoms with van der Waals surface area (Å²) < 4.78 is 5.48. The average Bonchev–Trinajstić information content (AvgIpc) is 3.20. The summed E-state index contributed by atoms with van der Waals surface area (Å²) in [6.45, 7) is 2.90. The summed E-state index contributed by atoms with van der Waals surface area (Å²) in [5.74, 6) is 2.54. The number of pyridine rings is 1. The van der Waals surface area contributed by atoms with Crippen LogP contribution in [0.3, 0.4) is 0 Å². The summed E-state index contributed by atoms with van der Waals surface area (Å²) in [7, 11) is 0. The smallest absolute Gasteiger partial charge is 0.129 e. The van der Waals surface area contributed by atoms with Crippen LogP contribution >= 0.6 is 11.6 Å². The molecule has 3 rings (SSSR count).